The molecule has 0 saturated carbocycles. The second-order valence-electron chi connectivity index (χ2n) is 2.33. The van der Waals surface area contributed by atoms with Crippen LogP contribution < -0.4 is 4.74 Å². The molecule has 6 heteroatoms. The van der Waals surface area contributed by atoms with Crippen LogP contribution in [0.25, 0.3) is 0 Å². The van der Waals surface area contributed by atoms with Gasteiger partial charge in [-0.25, -0.2) is 13.8 Å². The average Bonchev–Trinajstić information content (AvgIpc) is 2.17. The van der Waals surface area contributed by atoms with Crippen molar-refractivity contribution in [2.24, 2.45) is 0 Å². The number of methoxy groups -OCH3 is 1. The highest BCUT2D eigenvalue weighted by Crippen LogP contribution is 2.30. The van der Waals surface area contributed by atoms with E-state index in [1.807, 2.05) is 0 Å². The summed E-state index contributed by atoms with van der Waals surface area (Å²) in [5.74, 6) is 0.0555. The number of aromatic nitrogens is 1. The number of halogens is 3. The maximum Gasteiger partial charge on any atom is 0.265 e. The van der Waals surface area contributed by atoms with Crippen LogP contribution in [-0.2, 0) is 0 Å². The van der Waals surface area contributed by atoms with Crippen molar-refractivity contribution in [1.29, 1.82) is 5.26 Å². The van der Waals surface area contributed by atoms with E-state index >= 15 is 0 Å². The third-order valence-corrected chi connectivity index (χ3v) is 2.58. The molecule has 0 aliphatic rings. The summed E-state index contributed by atoms with van der Waals surface area (Å²) in [5.41, 5.74) is -0.299. The first kappa shape index (κ1) is 11.1. The molecule has 3 nitrogen and oxygen atoms in total. The molecule has 1 heterocycles. The maximum absolute atomic E-state index is 12.5. The summed E-state index contributed by atoms with van der Waals surface area (Å²) >= 11 is 1.71. The van der Waals surface area contributed by atoms with Gasteiger partial charge in [0.15, 0.2) is 0 Å². The van der Waals surface area contributed by atoms with Gasteiger partial charge in [0.2, 0.25) is 5.88 Å². The highest BCUT2D eigenvalue weighted by atomic mass is 127. The summed E-state index contributed by atoms with van der Waals surface area (Å²) in [6.45, 7) is 0. The van der Waals surface area contributed by atoms with Crippen LogP contribution in [0.2, 0.25) is 0 Å². The van der Waals surface area contributed by atoms with Gasteiger partial charge >= 0.3 is 0 Å². The summed E-state index contributed by atoms with van der Waals surface area (Å²) in [5, 5.41) is 8.54. The Labute approximate surface area is 92.8 Å². The number of hydrogen-bond donors (Lipinski definition) is 0. The lowest BCUT2D eigenvalue weighted by molar-refractivity contribution is 0.149. The molecule has 14 heavy (non-hydrogen) atoms. The van der Waals surface area contributed by atoms with Crippen molar-refractivity contribution in [2.45, 2.75) is 6.43 Å². The molecule has 0 aliphatic heterocycles. The van der Waals surface area contributed by atoms with Gasteiger partial charge in [-0.15, -0.1) is 0 Å². The Morgan fingerprint density at radius 3 is 2.71 bits per heavy atom. The number of ether oxygens (including phenoxy) is 1. The smallest absolute Gasteiger partial charge is 0.265 e. The fourth-order valence-electron chi connectivity index (χ4n) is 0.876. The summed E-state index contributed by atoms with van der Waals surface area (Å²) < 4.78 is 29.9. The van der Waals surface area contributed by atoms with Crippen molar-refractivity contribution in [2.75, 3.05) is 7.11 Å². The molecule has 0 N–H and O–H groups in total. The molecule has 0 aliphatic carbocycles. The van der Waals surface area contributed by atoms with Crippen LogP contribution >= 0.6 is 22.6 Å². The third kappa shape index (κ3) is 2.09. The Kier molecular flexibility index (Phi) is 3.57. The van der Waals surface area contributed by atoms with Crippen LogP contribution in [0.4, 0.5) is 8.78 Å². The second kappa shape index (κ2) is 4.50. The van der Waals surface area contributed by atoms with Crippen molar-refractivity contribution in [3.8, 4) is 11.9 Å². The standard InChI is InChI=1S/C8H5F2IN2O/c1-14-8-6(11)5(7(9)10)2-4(3-12)13-8/h2,7H,1H3. The topological polar surface area (TPSA) is 45.9 Å². The molecule has 0 radical (unpaired) electrons. The number of hydrogen-bond acceptors (Lipinski definition) is 3. The van der Waals surface area contributed by atoms with Crippen LogP contribution in [0.5, 0.6) is 5.88 Å². The minimum absolute atomic E-state index is 0.0555. The van der Waals surface area contributed by atoms with Crippen molar-refractivity contribution in [3.05, 3.63) is 20.9 Å². The molecule has 0 amide bonds. The molecule has 1 aromatic rings. The monoisotopic (exact) mass is 310 g/mol. The van der Waals surface area contributed by atoms with Crippen LogP contribution in [0.3, 0.4) is 0 Å². The lowest BCUT2D eigenvalue weighted by Crippen LogP contribution is -1.99. The fourth-order valence-corrected chi connectivity index (χ4v) is 1.61. The van der Waals surface area contributed by atoms with E-state index in [4.69, 9.17) is 10.00 Å². The van der Waals surface area contributed by atoms with Crippen LogP contribution in [0.15, 0.2) is 6.07 Å². The Balaban J connectivity index is 3.36. The lowest BCUT2D eigenvalue weighted by atomic mass is 10.2. The SMILES string of the molecule is COc1nc(C#N)cc(C(F)F)c1I. The second-order valence-corrected chi connectivity index (χ2v) is 3.41. The van der Waals surface area contributed by atoms with Crippen molar-refractivity contribution >= 4 is 22.6 Å². The molecule has 74 valence electrons. The summed E-state index contributed by atoms with van der Waals surface area (Å²) in [7, 11) is 1.32. The van der Waals surface area contributed by atoms with Crippen LogP contribution in [0.1, 0.15) is 17.7 Å². The zero-order chi connectivity index (χ0) is 10.7. The quantitative estimate of drug-likeness (QED) is 0.789. The average molecular weight is 310 g/mol. The molecule has 1 aromatic heterocycles. The number of rotatable bonds is 2. The largest absolute Gasteiger partial charge is 0.480 e. The summed E-state index contributed by atoms with van der Waals surface area (Å²) in [6, 6.07) is 2.76. The van der Waals surface area contributed by atoms with E-state index in [1.165, 1.54) is 7.11 Å². The molecule has 0 aromatic carbocycles. The van der Waals surface area contributed by atoms with Gasteiger partial charge in [0.1, 0.15) is 11.8 Å². The Bertz CT molecular complexity index is 390. The van der Waals surface area contributed by atoms with Gasteiger partial charge in [0.05, 0.1) is 10.7 Å². The van der Waals surface area contributed by atoms with Gasteiger partial charge in [0, 0.05) is 5.56 Å². The zero-order valence-corrected chi connectivity index (χ0v) is 9.25. The van der Waals surface area contributed by atoms with E-state index in [9.17, 15) is 8.78 Å². The lowest BCUT2D eigenvalue weighted by Gasteiger charge is -2.07. The molecule has 0 atom stereocenters. The Morgan fingerprint density at radius 2 is 2.29 bits per heavy atom. The van der Waals surface area contributed by atoms with Crippen LogP contribution in [0, 0.1) is 14.9 Å². The first-order valence-electron chi connectivity index (χ1n) is 3.52. The minimum atomic E-state index is -2.63. The molecular formula is C8H5F2IN2O. The van der Waals surface area contributed by atoms with E-state index in [0.717, 1.165) is 6.07 Å². The normalized spacial score (nSPS) is 10.0. The molecular weight excluding hydrogens is 305 g/mol. The van der Waals surface area contributed by atoms with Gasteiger partial charge < -0.3 is 4.74 Å². The van der Waals surface area contributed by atoms with Gasteiger partial charge in [-0.3, -0.25) is 0 Å². The first-order valence-corrected chi connectivity index (χ1v) is 4.60. The highest BCUT2D eigenvalue weighted by Gasteiger charge is 2.17. The third-order valence-electron chi connectivity index (χ3n) is 1.50. The van der Waals surface area contributed by atoms with Crippen molar-refractivity contribution < 1.29 is 13.5 Å². The minimum Gasteiger partial charge on any atom is -0.480 e. The van der Waals surface area contributed by atoms with Crippen molar-refractivity contribution in [3.63, 3.8) is 0 Å². The summed E-state index contributed by atoms with van der Waals surface area (Å²) in [4.78, 5) is 3.73. The number of alkyl halides is 2. The molecule has 0 fully saturated rings. The zero-order valence-electron chi connectivity index (χ0n) is 7.09. The molecule has 0 bridgehead atoms. The van der Waals surface area contributed by atoms with Crippen molar-refractivity contribution in [1.82, 2.24) is 4.98 Å². The van der Waals surface area contributed by atoms with Gasteiger partial charge in [-0.05, 0) is 28.7 Å². The Hall–Kier alpha value is -0.970. The summed E-state index contributed by atoms with van der Waals surface area (Å²) in [6.07, 6.45) is -2.63. The maximum atomic E-state index is 12.5. The molecule has 0 unspecified atom stereocenters. The molecule has 1 rings (SSSR count). The predicted molar refractivity (Wildman–Crippen MR) is 53.2 cm³/mol. The first-order chi connectivity index (χ1) is 6.60. The fraction of sp³-hybridized carbons (Fsp3) is 0.250. The van der Waals surface area contributed by atoms with E-state index in [2.05, 4.69) is 4.98 Å². The van der Waals surface area contributed by atoms with Gasteiger partial charge in [0.25, 0.3) is 6.43 Å². The molecule has 0 spiro atoms. The van der Waals surface area contributed by atoms with E-state index < -0.39 is 6.43 Å². The number of nitrogens with zero attached hydrogens (tertiary/aromatic N) is 2. The number of pyridine rings is 1. The van der Waals surface area contributed by atoms with Gasteiger partial charge in [-0.1, -0.05) is 0 Å². The van der Waals surface area contributed by atoms with E-state index in [1.54, 1.807) is 28.7 Å². The highest BCUT2D eigenvalue weighted by molar-refractivity contribution is 14.1. The molecule has 0 saturated heterocycles. The van der Waals surface area contributed by atoms with E-state index in [0.29, 0.717) is 0 Å². The Morgan fingerprint density at radius 1 is 1.64 bits per heavy atom. The van der Waals surface area contributed by atoms with E-state index in [-0.39, 0.29) is 20.7 Å². The number of nitriles is 1. The van der Waals surface area contributed by atoms with Gasteiger partial charge in [-0.2, -0.15) is 5.26 Å². The predicted octanol–water partition coefficient (Wildman–Crippen LogP) is 2.50. The van der Waals surface area contributed by atoms with Crippen LogP contribution in [-0.4, -0.2) is 12.1 Å².